The van der Waals surface area contributed by atoms with Crippen LogP contribution in [0.4, 0.5) is 0 Å². The Bertz CT molecular complexity index is 416. The third-order valence-electron chi connectivity index (χ3n) is 3.60. The van der Waals surface area contributed by atoms with E-state index in [0.717, 1.165) is 13.1 Å². The van der Waals surface area contributed by atoms with Gasteiger partial charge in [-0.1, -0.05) is 51.1 Å². The van der Waals surface area contributed by atoms with E-state index in [0.29, 0.717) is 5.92 Å². The maximum Gasteiger partial charge on any atom is 0.321 e. The van der Waals surface area contributed by atoms with Crippen molar-refractivity contribution in [1.29, 1.82) is 0 Å². The summed E-state index contributed by atoms with van der Waals surface area (Å²) in [4.78, 5) is 13.5. The van der Waals surface area contributed by atoms with Gasteiger partial charge in [0.25, 0.3) is 0 Å². The van der Waals surface area contributed by atoms with Crippen LogP contribution in [0.15, 0.2) is 30.3 Å². The number of nitrogens with zero attached hydrogens (tertiary/aromatic N) is 1. The first-order valence-corrected chi connectivity index (χ1v) is 6.41. The predicted molar refractivity (Wildman–Crippen MR) is 71.6 cm³/mol. The molecule has 0 spiro atoms. The minimum Gasteiger partial charge on any atom is -0.480 e. The standard InChI is InChI=1S/C15H21NO2/c1-15(2,3)13(14(17)18)16-9-12(10-16)11-7-5-4-6-8-11/h4-8,12-13H,9-10H2,1-3H3,(H,17,18). The van der Waals surface area contributed by atoms with E-state index in [9.17, 15) is 9.90 Å². The first-order chi connectivity index (χ1) is 8.39. The summed E-state index contributed by atoms with van der Waals surface area (Å²) in [5.74, 6) is -0.232. The normalized spacial score (nSPS) is 19.3. The van der Waals surface area contributed by atoms with Crippen LogP contribution in [0.5, 0.6) is 0 Å². The Morgan fingerprint density at radius 1 is 1.28 bits per heavy atom. The van der Waals surface area contributed by atoms with Gasteiger partial charge < -0.3 is 5.11 Å². The zero-order valence-electron chi connectivity index (χ0n) is 11.3. The van der Waals surface area contributed by atoms with Gasteiger partial charge in [0, 0.05) is 19.0 Å². The lowest BCUT2D eigenvalue weighted by atomic mass is 9.81. The van der Waals surface area contributed by atoms with Gasteiger partial charge in [0.15, 0.2) is 0 Å². The van der Waals surface area contributed by atoms with Crippen molar-refractivity contribution in [2.45, 2.75) is 32.7 Å². The Balaban J connectivity index is 2.02. The largest absolute Gasteiger partial charge is 0.480 e. The van der Waals surface area contributed by atoms with Crippen LogP contribution < -0.4 is 0 Å². The van der Waals surface area contributed by atoms with E-state index in [4.69, 9.17) is 0 Å². The van der Waals surface area contributed by atoms with Crippen molar-refractivity contribution in [1.82, 2.24) is 4.90 Å². The molecule has 0 bridgehead atoms. The van der Waals surface area contributed by atoms with Crippen molar-refractivity contribution in [3.63, 3.8) is 0 Å². The fourth-order valence-electron chi connectivity index (χ4n) is 2.73. The Morgan fingerprint density at radius 2 is 1.83 bits per heavy atom. The average Bonchev–Trinajstić information content (AvgIpc) is 2.21. The van der Waals surface area contributed by atoms with E-state index in [1.807, 2.05) is 39.0 Å². The quantitative estimate of drug-likeness (QED) is 0.892. The molecular weight excluding hydrogens is 226 g/mol. The molecule has 1 aromatic carbocycles. The Hall–Kier alpha value is -1.35. The van der Waals surface area contributed by atoms with Crippen LogP contribution in [0, 0.1) is 5.41 Å². The Kier molecular flexibility index (Phi) is 3.44. The van der Waals surface area contributed by atoms with Crippen LogP contribution in [0.1, 0.15) is 32.3 Å². The molecular formula is C15H21NO2. The van der Waals surface area contributed by atoms with E-state index in [-0.39, 0.29) is 5.41 Å². The summed E-state index contributed by atoms with van der Waals surface area (Å²) in [7, 11) is 0. The molecule has 1 aromatic rings. The van der Waals surface area contributed by atoms with Crippen molar-refractivity contribution in [3.8, 4) is 0 Å². The van der Waals surface area contributed by atoms with Crippen LogP contribution in [-0.4, -0.2) is 35.1 Å². The van der Waals surface area contributed by atoms with Gasteiger partial charge in [-0.15, -0.1) is 0 Å². The van der Waals surface area contributed by atoms with Crippen LogP contribution in [0.25, 0.3) is 0 Å². The summed E-state index contributed by atoms with van der Waals surface area (Å²) in [5.41, 5.74) is 1.08. The molecule has 1 heterocycles. The third kappa shape index (κ3) is 2.56. The van der Waals surface area contributed by atoms with Gasteiger partial charge in [-0.3, -0.25) is 9.69 Å². The molecule has 98 valence electrons. The van der Waals surface area contributed by atoms with Gasteiger partial charge in [-0.2, -0.15) is 0 Å². The molecule has 0 amide bonds. The van der Waals surface area contributed by atoms with Gasteiger partial charge in [-0.25, -0.2) is 0 Å². The number of hydrogen-bond acceptors (Lipinski definition) is 2. The predicted octanol–water partition coefficient (Wildman–Crippen LogP) is 2.59. The van der Waals surface area contributed by atoms with E-state index in [2.05, 4.69) is 17.0 Å². The second kappa shape index (κ2) is 4.73. The molecule has 1 saturated heterocycles. The summed E-state index contributed by atoms with van der Waals surface area (Å²) in [5, 5.41) is 9.36. The molecule has 0 saturated carbocycles. The lowest BCUT2D eigenvalue weighted by molar-refractivity contribution is -0.150. The minimum absolute atomic E-state index is 0.229. The number of carboxylic acid groups (broad SMARTS) is 1. The molecule has 3 heteroatoms. The maximum absolute atomic E-state index is 11.4. The molecule has 1 N–H and O–H groups in total. The van der Waals surface area contributed by atoms with Crippen LogP contribution in [0.3, 0.4) is 0 Å². The lowest BCUT2D eigenvalue weighted by Crippen LogP contribution is -2.58. The topological polar surface area (TPSA) is 40.5 Å². The highest BCUT2D eigenvalue weighted by Crippen LogP contribution is 2.34. The fraction of sp³-hybridized carbons (Fsp3) is 0.533. The Labute approximate surface area is 108 Å². The number of hydrogen-bond donors (Lipinski definition) is 1. The van der Waals surface area contributed by atoms with Crippen molar-refractivity contribution < 1.29 is 9.90 Å². The second-order valence-corrected chi connectivity index (χ2v) is 6.17. The molecule has 0 radical (unpaired) electrons. The molecule has 2 rings (SSSR count). The second-order valence-electron chi connectivity index (χ2n) is 6.17. The molecule has 1 atom stereocenters. The summed E-state index contributed by atoms with van der Waals surface area (Å²) in [6.07, 6.45) is 0. The monoisotopic (exact) mass is 247 g/mol. The van der Waals surface area contributed by atoms with Gasteiger partial charge >= 0.3 is 5.97 Å². The van der Waals surface area contributed by atoms with Crippen LogP contribution in [-0.2, 0) is 4.79 Å². The lowest BCUT2D eigenvalue weighted by Gasteiger charge is -2.47. The summed E-state index contributed by atoms with van der Waals surface area (Å²) in [6, 6.07) is 9.93. The van der Waals surface area contributed by atoms with Crippen LogP contribution in [0.2, 0.25) is 0 Å². The van der Waals surface area contributed by atoms with Crippen molar-refractivity contribution in [2.24, 2.45) is 5.41 Å². The summed E-state index contributed by atoms with van der Waals surface area (Å²) in [6.45, 7) is 7.65. The van der Waals surface area contributed by atoms with E-state index in [1.165, 1.54) is 5.56 Å². The number of aliphatic carboxylic acids is 1. The maximum atomic E-state index is 11.4. The Morgan fingerprint density at radius 3 is 2.28 bits per heavy atom. The zero-order chi connectivity index (χ0) is 13.3. The zero-order valence-corrected chi connectivity index (χ0v) is 11.3. The number of rotatable bonds is 3. The first kappa shape index (κ1) is 13.1. The summed E-state index contributed by atoms with van der Waals surface area (Å²) < 4.78 is 0. The third-order valence-corrected chi connectivity index (χ3v) is 3.60. The molecule has 0 aromatic heterocycles. The van der Waals surface area contributed by atoms with Gasteiger partial charge in [0.2, 0.25) is 0 Å². The van der Waals surface area contributed by atoms with Crippen molar-refractivity contribution in [2.75, 3.05) is 13.1 Å². The molecule has 1 aliphatic rings. The smallest absolute Gasteiger partial charge is 0.321 e. The van der Waals surface area contributed by atoms with E-state index < -0.39 is 12.0 Å². The van der Waals surface area contributed by atoms with E-state index in [1.54, 1.807) is 0 Å². The molecule has 1 fully saturated rings. The van der Waals surface area contributed by atoms with Crippen molar-refractivity contribution >= 4 is 5.97 Å². The minimum atomic E-state index is -0.714. The van der Waals surface area contributed by atoms with Crippen molar-refractivity contribution in [3.05, 3.63) is 35.9 Å². The molecule has 1 aliphatic heterocycles. The first-order valence-electron chi connectivity index (χ1n) is 6.41. The SMILES string of the molecule is CC(C)(C)C(C(=O)O)N1CC(c2ccccc2)C1. The highest BCUT2D eigenvalue weighted by molar-refractivity contribution is 5.74. The summed E-state index contributed by atoms with van der Waals surface area (Å²) >= 11 is 0. The van der Waals surface area contributed by atoms with Gasteiger partial charge in [0.1, 0.15) is 6.04 Å². The number of carbonyl (C=O) groups is 1. The fourth-order valence-corrected chi connectivity index (χ4v) is 2.73. The number of carboxylic acids is 1. The molecule has 1 unspecified atom stereocenters. The van der Waals surface area contributed by atoms with Gasteiger partial charge in [0.05, 0.1) is 0 Å². The van der Waals surface area contributed by atoms with Gasteiger partial charge in [-0.05, 0) is 11.0 Å². The molecule has 18 heavy (non-hydrogen) atoms. The van der Waals surface area contributed by atoms with Crippen LogP contribution >= 0.6 is 0 Å². The average molecular weight is 247 g/mol. The molecule has 3 nitrogen and oxygen atoms in total. The molecule has 0 aliphatic carbocycles. The van der Waals surface area contributed by atoms with E-state index >= 15 is 0 Å². The number of likely N-dealkylation sites (tertiary alicyclic amines) is 1. The highest BCUT2D eigenvalue weighted by Gasteiger charge is 2.42. The number of benzene rings is 1. The highest BCUT2D eigenvalue weighted by atomic mass is 16.4.